The van der Waals surface area contributed by atoms with Crippen molar-refractivity contribution in [3.05, 3.63) is 57.6 Å². The second kappa shape index (κ2) is 13.9. The Balaban J connectivity index is 1.99. The molecule has 2 aromatic carbocycles. The van der Waals surface area contributed by atoms with Crippen molar-refractivity contribution in [3.63, 3.8) is 0 Å². The molecule has 40 heavy (non-hydrogen) atoms. The Labute approximate surface area is 241 Å². The van der Waals surface area contributed by atoms with Crippen molar-refractivity contribution >= 4 is 53.5 Å². The van der Waals surface area contributed by atoms with Gasteiger partial charge in [0.05, 0.1) is 16.9 Å². The first-order valence-electron chi connectivity index (χ1n) is 13.3. The molecule has 0 spiro atoms. The molecule has 1 heterocycles. The van der Waals surface area contributed by atoms with Crippen LogP contribution in [0.25, 0.3) is 17.2 Å². The van der Waals surface area contributed by atoms with E-state index in [4.69, 9.17) is 17.3 Å². The zero-order valence-corrected chi connectivity index (χ0v) is 24.5. The standard InChI is InChI=1S/C30H37ClN6O3/c1-6-10-37(11-7-2)30(40)23-13-25-26(31)14-22(15-27(25)34-28(32)16-23)20-8-9-21(19-38)24(12-20)17-33-36(5)18-29(39)35(3)4/h8-9,12-15,17,19H,6-7,10-11,16,18H2,1-5H3,(H2,32,34)/b33-17-. The summed E-state index contributed by atoms with van der Waals surface area (Å²) in [4.78, 5) is 44.9. The van der Waals surface area contributed by atoms with E-state index in [0.717, 1.165) is 30.3 Å². The number of aliphatic imine (C=N–C) groups is 1. The molecule has 10 heteroatoms. The topological polar surface area (TPSA) is 112 Å². The van der Waals surface area contributed by atoms with Gasteiger partial charge in [0.1, 0.15) is 12.4 Å². The van der Waals surface area contributed by atoms with Crippen molar-refractivity contribution in [1.29, 1.82) is 0 Å². The summed E-state index contributed by atoms with van der Waals surface area (Å²) in [5, 5.41) is 6.27. The number of nitrogens with two attached hydrogens (primary N) is 1. The molecule has 0 atom stereocenters. The van der Waals surface area contributed by atoms with Gasteiger partial charge in [0.15, 0.2) is 6.29 Å². The molecule has 9 nitrogen and oxygen atoms in total. The van der Waals surface area contributed by atoms with Crippen LogP contribution in [-0.2, 0) is 9.59 Å². The number of benzene rings is 2. The molecule has 1 aliphatic rings. The van der Waals surface area contributed by atoms with Crippen molar-refractivity contribution < 1.29 is 14.4 Å². The highest BCUT2D eigenvalue weighted by Gasteiger charge is 2.22. The minimum Gasteiger partial charge on any atom is -0.387 e. The highest BCUT2D eigenvalue weighted by molar-refractivity contribution is 6.33. The average molecular weight is 565 g/mol. The third kappa shape index (κ3) is 7.57. The molecular weight excluding hydrogens is 528 g/mol. The fourth-order valence-electron chi connectivity index (χ4n) is 4.33. The molecule has 212 valence electrons. The van der Waals surface area contributed by atoms with Crippen LogP contribution in [0.15, 0.2) is 46.0 Å². The van der Waals surface area contributed by atoms with E-state index in [1.54, 1.807) is 39.5 Å². The summed E-state index contributed by atoms with van der Waals surface area (Å²) in [6.45, 7) is 5.54. The molecule has 0 aliphatic carbocycles. The monoisotopic (exact) mass is 564 g/mol. The summed E-state index contributed by atoms with van der Waals surface area (Å²) in [7, 11) is 5.05. The van der Waals surface area contributed by atoms with Crippen LogP contribution in [0.2, 0.25) is 5.02 Å². The van der Waals surface area contributed by atoms with E-state index in [9.17, 15) is 14.4 Å². The van der Waals surface area contributed by atoms with Crippen LogP contribution in [-0.4, -0.2) is 85.7 Å². The lowest BCUT2D eigenvalue weighted by atomic mass is 9.97. The summed E-state index contributed by atoms with van der Waals surface area (Å²) in [5.74, 6) is 0.185. The van der Waals surface area contributed by atoms with Gasteiger partial charge in [0.2, 0.25) is 11.8 Å². The number of amides is 2. The lowest BCUT2D eigenvalue weighted by Crippen LogP contribution is -2.34. The maximum absolute atomic E-state index is 13.3. The number of fused-ring (bicyclic) bond motifs is 1. The van der Waals surface area contributed by atoms with Crippen LogP contribution in [0, 0.1) is 0 Å². The number of halogens is 1. The molecule has 2 amide bonds. The Bertz CT molecular complexity index is 1360. The van der Waals surface area contributed by atoms with Crippen LogP contribution in [0.3, 0.4) is 0 Å². The van der Waals surface area contributed by atoms with Crippen LogP contribution in [0.5, 0.6) is 0 Å². The van der Waals surface area contributed by atoms with Crippen molar-refractivity contribution in [3.8, 4) is 11.1 Å². The van der Waals surface area contributed by atoms with Gasteiger partial charge in [-0.1, -0.05) is 37.6 Å². The van der Waals surface area contributed by atoms with Crippen molar-refractivity contribution in [2.24, 2.45) is 15.8 Å². The zero-order valence-electron chi connectivity index (χ0n) is 23.8. The maximum atomic E-state index is 13.3. The number of hydrogen-bond donors (Lipinski definition) is 1. The third-order valence-electron chi connectivity index (χ3n) is 6.41. The Morgan fingerprint density at radius 2 is 1.75 bits per heavy atom. The van der Waals surface area contributed by atoms with E-state index in [-0.39, 0.29) is 24.8 Å². The van der Waals surface area contributed by atoms with Gasteiger partial charge in [-0.2, -0.15) is 5.10 Å². The molecule has 0 saturated carbocycles. The Morgan fingerprint density at radius 1 is 1.05 bits per heavy atom. The molecule has 0 bridgehead atoms. The highest BCUT2D eigenvalue weighted by Crippen LogP contribution is 2.37. The zero-order chi connectivity index (χ0) is 29.4. The maximum Gasteiger partial charge on any atom is 0.250 e. The van der Waals surface area contributed by atoms with Gasteiger partial charge in [-0.15, -0.1) is 0 Å². The predicted octanol–water partition coefficient (Wildman–Crippen LogP) is 4.60. The Hall–Kier alpha value is -3.98. The lowest BCUT2D eigenvalue weighted by molar-refractivity contribution is -0.129. The normalized spacial score (nSPS) is 12.8. The van der Waals surface area contributed by atoms with E-state index in [2.05, 4.69) is 10.1 Å². The van der Waals surface area contributed by atoms with E-state index >= 15 is 0 Å². The molecule has 0 saturated heterocycles. The number of nitrogens with zero attached hydrogens (tertiary/aromatic N) is 5. The molecule has 1 aliphatic heterocycles. The average Bonchev–Trinajstić information content (AvgIpc) is 3.09. The second-order valence-corrected chi connectivity index (χ2v) is 10.3. The number of hydrogen-bond acceptors (Lipinski definition) is 7. The van der Waals surface area contributed by atoms with Crippen LogP contribution in [0.1, 0.15) is 54.6 Å². The number of carbonyl (C=O) groups excluding carboxylic acids is 3. The molecule has 0 radical (unpaired) electrons. The summed E-state index contributed by atoms with van der Waals surface area (Å²) in [5.41, 5.74) is 10.6. The first-order chi connectivity index (χ1) is 19.1. The molecule has 0 fully saturated rings. The number of aldehydes is 1. The van der Waals surface area contributed by atoms with E-state index in [0.29, 0.717) is 51.9 Å². The summed E-state index contributed by atoms with van der Waals surface area (Å²) < 4.78 is 0. The molecule has 0 aromatic heterocycles. The molecule has 2 N–H and O–H groups in total. The number of likely N-dealkylation sites (N-methyl/N-ethyl adjacent to an activating group) is 2. The first-order valence-corrected chi connectivity index (χ1v) is 13.7. The smallest absolute Gasteiger partial charge is 0.250 e. The molecular formula is C30H37ClN6O3. The van der Waals surface area contributed by atoms with Gasteiger partial charge in [-0.05, 0) is 48.2 Å². The fourth-order valence-corrected chi connectivity index (χ4v) is 4.60. The van der Waals surface area contributed by atoms with E-state index in [1.165, 1.54) is 9.91 Å². The van der Waals surface area contributed by atoms with Gasteiger partial charge < -0.3 is 15.5 Å². The predicted molar refractivity (Wildman–Crippen MR) is 162 cm³/mol. The molecule has 0 unspecified atom stereocenters. The van der Waals surface area contributed by atoms with Crippen molar-refractivity contribution in [2.75, 3.05) is 40.8 Å². The van der Waals surface area contributed by atoms with Crippen LogP contribution < -0.4 is 5.73 Å². The SMILES string of the molecule is CCCN(CCC)C(=O)C1=Cc2c(Cl)cc(-c3ccc(C=O)c(/C=N\N(C)CC(=O)N(C)C)c3)cc2N=C(N)C1. The van der Waals surface area contributed by atoms with Gasteiger partial charge >= 0.3 is 0 Å². The number of amidine groups is 1. The Morgan fingerprint density at radius 3 is 2.38 bits per heavy atom. The third-order valence-corrected chi connectivity index (χ3v) is 6.73. The number of carbonyl (C=O) groups is 3. The summed E-state index contributed by atoms with van der Waals surface area (Å²) in [6, 6.07) is 9.03. The number of hydrazone groups is 1. The minimum atomic E-state index is -0.0919. The largest absolute Gasteiger partial charge is 0.387 e. The summed E-state index contributed by atoms with van der Waals surface area (Å²) in [6.07, 6.45) is 6.07. The van der Waals surface area contributed by atoms with Gasteiger partial charge in [0.25, 0.3) is 0 Å². The fraction of sp³-hybridized carbons (Fsp3) is 0.367. The van der Waals surface area contributed by atoms with Gasteiger partial charge in [0, 0.05) is 62.9 Å². The van der Waals surface area contributed by atoms with Gasteiger partial charge in [-0.25, -0.2) is 4.99 Å². The quantitative estimate of drug-likeness (QED) is 0.243. The van der Waals surface area contributed by atoms with Crippen LogP contribution >= 0.6 is 11.6 Å². The van der Waals surface area contributed by atoms with E-state index < -0.39 is 0 Å². The van der Waals surface area contributed by atoms with Crippen molar-refractivity contribution in [1.82, 2.24) is 14.8 Å². The molecule has 2 aromatic rings. The highest BCUT2D eigenvalue weighted by atomic mass is 35.5. The molecule has 3 rings (SSSR count). The van der Waals surface area contributed by atoms with Gasteiger partial charge in [-0.3, -0.25) is 19.4 Å². The summed E-state index contributed by atoms with van der Waals surface area (Å²) >= 11 is 6.76. The van der Waals surface area contributed by atoms with Crippen LogP contribution in [0.4, 0.5) is 5.69 Å². The lowest BCUT2D eigenvalue weighted by Gasteiger charge is -2.22. The minimum absolute atomic E-state index is 0.0551. The van der Waals surface area contributed by atoms with Crippen molar-refractivity contribution in [2.45, 2.75) is 33.1 Å². The second-order valence-electron chi connectivity index (χ2n) is 9.94. The number of rotatable bonds is 11. The first kappa shape index (κ1) is 30.6. The Kier molecular flexibility index (Phi) is 10.6. The van der Waals surface area contributed by atoms with E-state index in [1.807, 2.05) is 43.0 Å².